The molecule has 4 aromatic carbocycles. The first-order valence-corrected chi connectivity index (χ1v) is 17.5. The molecule has 0 saturated heterocycles. The molecule has 0 aliphatic carbocycles. The monoisotopic (exact) mass is 566 g/mol. The topological polar surface area (TPSA) is 0 Å². The highest BCUT2D eigenvalue weighted by Crippen LogP contribution is 2.75. The summed E-state index contributed by atoms with van der Waals surface area (Å²) in [6.45, 7) is 9.63. The second-order valence-corrected chi connectivity index (χ2v) is 16.0. The minimum absolute atomic E-state index is 0.458. The van der Waals surface area contributed by atoms with Crippen LogP contribution in [-0.2, 0) is 0 Å². The smallest absolute Gasteiger partial charge is 0.0248 e. The molecule has 0 fully saturated rings. The Bertz CT molecular complexity index is 1690. The average molecular weight is 567 g/mol. The molecule has 0 spiro atoms. The van der Waals surface area contributed by atoms with Crippen LogP contribution in [-0.4, -0.2) is 0 Å². The second kappa shape index (κ2) is 10.7. The SMILES string of the molecule is Cc1c(C)c2p(c1-c1ccccc1)[C@H](c1ccccc1)C[C@@H](c1ccccc1)p1c(-c3ccccc3)c(C)c(C)c1-2. The molecule has 0 saturated carbocycles. The molecule has 2 heteroatoms. The van der Waals surface area contributed by atoms with Crippen LogP contribution >= 0.6 is 15.1 Å². The molecule has 0 N–H and O–H groups in total. The van der Waals surface area contributed by atoms with Crippen molar-refractivity contribution in [1.82, 2.24) is 0 Å². The molecule has 1 aliphatic heterocycles. The van der Waals surface area contributed by atoms with Crippen LogP contribution in [0.5, 0.6) is 0 Å². The van der Waals surface area contributed by atoms with Gasteiger partial charge in [-0.3, -0.25) is 0 Å². The summed E-state index contributed by atoms with van der Waals surface area (Å²) in [5.74, 6) is 0. The minimum Gasteiger partial charge on any atom is -0.100 e. The van der Waals surface area contributed by atoms with Gasteiger partial charge in [0.15, 0.2) is 0 Å². The fourth-order valence-electron chi connectivity index (χ4n) is 7.11. The van der Waals surface area contributed by atoms with Crippen molar-refractivity contribution >= 4 is 15.1 Å². The van der Waals surface area contributed by atoms with Gasteiger partial charge in [0.2, 0.25) is 0 Å². The van der Waals surface area contributed by atoms with E-state index in [0.29, 0.717) is 11.3 Å². The lowest BCUT2D eigenvalue weighted by Gasteiger charge is -2.26. The molecular weight excluding hydrogens is 530 g/mol. The van der Waals surface area contributed by atoms with E-state index in [0.717, 1.165) is 6.42 Å². The fraction of sp³-hybridized carbons (Fsp3) is 0.179. The molecule has 2 aromatic heterocycles. The van der Waals surface area contributed by atoms with Gasteiger partial charge in [-0.15, -0.1) is 15.1 Å². The van der Waals surface area contributed by atoms with Gasteiger partial charge in [0.1, 0.15) is 0 Å². The third kappa shape index (κ3) is 4.28. The van der Waals surface area contributed by atoms with Gasteiger partial charge in [0, 0.05) is 32.5 Å². The molecule has 4 atom stereocenters. The molecule has 41 heavy (non-hydrogen) atoms. The third-order valence-corrected chi connectivity index (χ3v) is 15.9. The van der Waals surface area contributed by atoms with Crippen LogP contribution in [0, 0.1) is 27.7 Å². The number of benzene rings is 4. The Labute approximate surface area is 246 Å². The highest BCUT2D eigenvalue weighted by atomic mass is 31.1. The van der Waals surface area contributed by atoms with Crippen LogP contribution in [0.1, 0.15) is 51.1 Å². The van der Waals surface area contributed by atoms with Crippen molar-refractivity contribution in [1.29, 1.82) is 0 Å². The standard InChI is InChI=1S/C39H36P2/c1-26-28(3)38-39-29(4)27(2)37(33-23-15-8-16-24-33)41(39)35(31-19-11-6-12-20-31)25-34(30-17-9-5-10-18-30)40(38)36(26)32-21-13-7-14-22-32/h5-24,34-35H,25H2,1-4H3/t34-,35-,40?,41?/m0/s1. The van der Waals surface area contributed by atoms with E-state index >= 15 is 0 Å². The molecule has 202 valence electrons. The van der Waals surface area contributed by atoms with Gasteiger partial charge in [0.25, 0.3) is 0 Å². The Morgan fingerprint density at radius 3 is 1.02 bits per heavy atom. The highest BCUT2D eigenvalue weighted by Gasteiger charge is 2.38. The molecule has 0 bridgehead atoms. The lowest BCUT2D eigenvalue weighted by Crippen LogP contribution is -2.01. The van der Waals surface area contributed by atoms with Crippen molar-refractivity contribution in [3.05, 3.63) is 155 Å². The second-order valence-electron chi connectivity index (χ2n) is 11.5. The summed E-state index contributed by atoms with van der Waals surface area (Å²) in [6, 6.07) is 45.4. The van der Waals surface area contributed by atoms with E-state index in [9.17, 15) is 0 Å². The molecule has 3 heterocycles. The van der Waals surface area contributed by atoms with Crippen molar-refractivity contribution in [3.63, 3.8) is 0 Å². The van der Waals surface area contributed by atoms with Crippen molar-refractivity contribution in [2.45, 2.75) is 45.4 Å². The van der Waals surface area contributed by atoms with E-state index in [-0.39, 0.29) is 0 Å². The summed E-state index contributed by atoms with van der Waals surface area (Å²) >= 11 is 0. The van der Waals surface area contributed by atoms with Gasteiger partial charge in [-0.2, -0.15) is 0 Å². The van der Waals surface area contributed by atoms with E-state index in [1.807, 2.05) is 0 Å². The lowest BCUT2D eigenvalue weighted by molar-refractivity contribution is 0.780. The Morgan fingerprint density at radius 1 is 0.390 bits per heavy atom. The van der Waals surface area contributed by atoms with Gasteiger partial charge in [0.05, 0.1) is 0 Å². The van der Waals surface area contributed by atoms with Gasteiger partial charge >= 0.3 is 0 Å². The summed E-state index contributed by atoms with van der Waals surface area (Å²) in [5, 5.41) is 6.54. The van der Waals surface area contributed by atoms with Crippen LogP contribution < -0.4 is 0 Å². The summed E-state index contributed by atoms with van der Waals surface area (Å²) in [6.07, 6.45) is 1.16. The number of rotatable bonds is 4. The molecule has 2 unspecified atom stereocenters. The van der Waals surface area contributed by atoms with E-state index < -0.39 is 15.1 Å². The van der Waals surface area contributed by atoms with Crippen molar-refractivity contribution in [3.8, 4) is 32.3 Å². The van der Waals surface area contributed by atoms with E-state index in [4.69, 9.17) is 0 Å². The van der Waals surface area contributed by atoms with Crippen molar-refractivity contribution < 1.29 is 0 Å². The highest BCUT2D eigenvalue weighted by molar-refractivity contribution is 7.63. The molecule has 7 rings (SSSR count). The van der Waals surface area contributed by atoms with Gasteiger partial charge in [-0.1, -0.05) is 121 Å². The van der Waals surface area contributed by atoms with Crippen molar-refractivity contribution in [2.24, 2.45) is 0 Å². The molecule has 0 amide bonds. The molecule has 0 radical (unpaired) electrons. The largest absolute Gasteiger partial charge is 0.100 e. The predicted octanol–water partition coefficient (Wildman–Crippen LogP) is 12.5. The van der Waals surface area contributed by atoms with Crippen LogP contribution in [0.15, 0.2) is 121 Å². The van der Waals surface area contributed by atoms with E-state index in [1.54, 1.807) is 21.2 Å². The maximum Gasteiger partial charge on any atom is 0.0248 e. The Morgan fingerprint density at radius 2 is 0.683 bits per heavy atom. The summed E-state index contributed by atoms with van der Waals surface area (Å²) in [5.41, 5.74) is 12.7. The zero-order valence-electron chi connectivity index (χ0n) is 24.3. The maximum absolute atomic E-state index is 2.42. The van der Waals surface area contributed by atoms with Gasteiger partial charge in [-0.05, 0) is 78.6 Å². The quantitative estimate of drug-likeness (QED) is 0.199. The normalized spacial score (nSPS) is 17.1. The molecule has 1 aliphatic rings. The van der Waals surface area contributed by atoms with Crippen LogP contribution in [0.2, 0.25) is 0 Å². The third-order valence-electron chi connectivity index (χ3n) is 9.27. The predicted molar refractivity (Wildman–Crippen MR) is 181 cm³/mol. The molecule has 0 nitrogen and oxygen atoms in total. The van der Waals surface area contributed by atoms with Gasteiger partial charge in [-0.25, -0.2) is 0 Å². The first-order valence-electron chi connectivity index (χ1n) is 14.7. The Balaban J connectivity index is 1.64. The first-order chi connectivity index (χ1) is 20.1. The fourth-order valence-corrected chi connectivity index (χ4v) is 15.2. The van der Waals surface area contributed by atoms with Crippen LogP contribution in [0.25, 0.3) is 32.3 Å². The zero-order valence-corrected chi connectivity index (χ0v) is 26.1. The zero-order chi connectivity index (χ0) is 28.1. The lowest BCUT2D eigenvalue weighted by atomic mass is 10.0. The Hall–Kier alpha value is -3.56. The Kier molecular flexibility index (Phi) is 6.87. The number of hydrogen-bond acceptors (Lipinski definition) is 0. The number of hydrogen-bond donors (Lipinski definition) is 0. The van der Waals surface area contributed by atoms with Gasteiger partial charge < -0.3 is 0 Å². The summed E-state index contributed by atoms with van der Waals surface area (Å²) < 4.78 is 0. The maximum atomic E-state index is 2.42. The molecule has 6 aromatic rings. The average Bonchev–Trinajstić information content (AvgIpc) is 3.36. The minimum atomic E-state index is -0.596. The van der Waals surface area contributed by atoms with Crippen LogP contribution in [0.3, 0.4) is 0 Å². The van der Waals surface area contributed by atoms with E-state index in [1.165, 1.54) is 44.5 Å². The summed E-state index contributed by atoms with van der Waals surface area (Å²) in [7, 11) is -1.19. The summed E-state index contributed by atoms with van der Waals surface area (Å²) in [4.78, 5) is 0. The van der Waals surface area contributed by atoms with Crippen LogP contribution in [0.4, 0.5) is 0 Å². The van der Waals surface area contributed by atoms with Crippen molar-refractivity contribution in [2.75, 3.05) is 0 Å². The van der Waals surface area contributed by atoms with E-state index in [2.05, 4.69) is 149 Å². The first kappa shape index (κ1) is 26.3. The molecular formula is C39H36P2. The number of fused-ring (bicyclic) bond motifs is 3.